The van der Waals surface area contributed by atoms with Crippen LogP contribution in [0.4, 0.5) is 5.69 Å². The van der Waals surface area contributed by atoms with E-state index in [1.807, 2.05) is 19.1 Å². The SMILES string of the molecule is CCCc1ccc(NC(C)c2ccc(C)cc2O)cc1. The van der Waals surface area contributed by atoms with Crippen molar-refractivity contribution in [2.75, 3.05) is 5.32 Å². The first-order chi connectivity index (χ1) is 9.60. The lowest BCUT2D eigenvalue weighted by Gasteiger charge is -2.17. The Morgan fingerprint density at radius 3 is 2.40 bits per heavy atom. The molecule has 0 aliphatic heterocycles. The van der Waals surface area contributed by atoms with Crippen molar-refractivity contribution in [3.8, 4) is 5.75 Å². The van der Waals surface area contributed by atoms with Crippen molar-refractivity contribution in [3.63, 3.8) is 0 Å². The van der Waals surface area contributed by atoms with E-state index in [1.54, 1.807) is 6.07 Å². The maximum absolute atomic E-state index is 10.0. The number of nitrogens with one attached hydrogen (secondary N) is 1. The molecule has 0 aliphatic carbocycles. The second-order valence-electron chi connectivity index (χ2n) is 5.38. The standard InChI is InChI=1S/C18H23NO/c1-4-5-15-7-9-16(10-8-15)19-14(3)17-11-6-13(2)12-18(17)20/h6-12,14,19-20H,4-5H2,1-3H3. The molecule has 2 rings (SSSR count). The van der Waals surface area contributed by atoms with Gasteiger partial charge in [-0.3, -0.25) is 0 Å². The van der Waals surface area contributed by atoms with Gasteiger partial charge in [-0.1, -0.05) is 37.6 Å². The minimum Gasteiger partial charge on any atom is -0.508 e. The second-order valence-corrected chi connectivity index (χ2v) is 5.38. The zero-order valence-corrected chi connectivity index (χ0v) is 12.5. The van der Waals surface area contributed by atoms with Crippen LogP contribution in [0.15, 0.2) is 42.5 Å². The molecule has 0 amide bonds. The predicted molar refractivity (Wildman–Crippen MR) is 85.3 cm³/mol. The molecule has 1 unspecified atom stereocenters. The number of hydrogen-bond donors (Lipinski definition) is 2. The van der Waals surface area contributed by atoms with Gasteiger partial charge in [0, 0.05) is 11.3 Å². The van der Waals surface area contributed by atoms with Crippen molar-refractivity contribution in [1.29, 1.82) is 0 Å². The van der Waals surface area contributed by atoms with Crippen molar-refractivity contribution in [2.24, 2.45) is 0 Å². The third-order valence-electron chi connectivity index (χ3n) is 3.53. The Kier molecular flexibility index (Phi) is 4.67. The first kappa shape index (κ1) is 14.4. The van der Waals surface area contributed by atoms with E-state index < -0.39 is 0 Å². The summed E-state index contributed by atoms with van der Waals surface area (Å²) in [5, 5.41) is 13.4. The molecule has 2 heteroatoms. The van der Waals surface area contributed by atoms with Crippen LogP contribution in [-0.4, -0.2) is 5.11 Å². The molecule has 2 nitrogen and oxygen atoms in total. The Labute approximate surface area is 121 Å². The lowest BCUT2D eigenvalue weighted by atomic mass is 10.0. The lowest BCUT2D eigenvalue weighted by Crippen LogP contribution is -2.07. The molecule has 0 saturated carbocycles. The van der Waals surface area contributed by atoms with Gasteiger partial charge >= 0.3 is 0 Å². The molecule has 106 valence electrons. The van der Waals surface area contributed by atoms with E-state index in [-0.39, 0.29) is 6.04 Å². The highest BCUT2D eigenvalue weighted by Gasteiger charge is 2.10. The summed E-state index contributed by atoms with van der Waals surface area (Å²) in [7, 11) is 0. The van der Waals surface area contributed by atoms with Gasteiger partial charge in [0.25, 0.3) is 0 Å². The van der Waals surface area contributed by atoms with Crippen LogP contribution in [0.1, 0.15) is 43.0 Å². The molecule has 2 aromatic carbocycles. The molecular formula is C18H23NO. The number of benzene rings is 2. The molecule has 20 heavy (non-hydrogen) atoms. The molecule has 2 N–H and O–H groups in total. The largest absolute Gasteiger partial charge is 0.508 e. The minimum absolute atomic E-state index is 0.0765. The van der Waals surface area contributed by atoms with Crippen LogP contribution in [0.5, 0.6) is 5.75 Å². The van der Waals surface area contributed by atoms with Crippen LogP contribution >= 0.6 is 0 Å². The van der Waals surface area contributed by atoms with Gasteiger partial charge in [-0.25, -0.2) is 0 Å². The summed E-state index contributed by atoms with van der Waals surface area (Å²) in [6.45, 7) is 6.23. The van der Waals surface area contributed by atoms with Gasteiger partial charge in [0.05, 0.1) is 6.04 Å². The van der Waals surface area contributed by atoms with Crippen molar-refractivity contribution >= 4 is 5.69 Å². The van der Waals surface area contributed by atoms with Crippen molar-refractivity contribution in [1.82, 2.24) is 0 Å². The van der Waals surface area contributed by atoms with Crippen molar-refractivity contribution in [2.45, 2.75) is 39.7 Å². The third kappa shape index (κ3) is 3.53. The van der Waals surface area contributed by atoms with Crippen LogP contribution in [-0.2, 0) is 6.42 Å². The van der Waals surface area contributed by atoms with E-state index >= 15 is 0 Å². The molecule has 0 saturated heterocycles. The molecule has 0 radical (unpaired) electrons. The first-order valence-electron chi connectivity index (χ1n) is 7.25. The Bertz CT molecular complexity index is 560. The number of phenols is 1. The zero-order valence-electron chi connectivity index (χ0n) is 12.5. The monoisotopic (exact) mass is 269 g/mol. The Balaban J connectivity index is 2.08. The Morgan fingerprint density at radius 2 is 1.80 bits per heavy atom. The van der Waals surface area contributed by atoms with Crippen molar-refractivity contribution in [3.05, 3.63) is 59.2 Å². The smallest absolute Gasteiger partial charge is 0.121 e. The summed E-state index contributed by atoms with van der Waals surface area (Å²) in [4.78, 5) is 0. The van der Waals surface area contributed by atoms with Gasteiger partial charge in [0.2, 0.25) is 0 Å². The second kappa shape index (κ2) is 6.47. The fourth-order valence-electron chi connectivity index (χ4n) is 2.40. The average molecular weight is 269 g/mol. The van der Waals surface area contributed by atoms with Gasteiger partial charge in [-0.2, -0.15) is 0 Å². The molecule has 2 aromatic rings. The van der Waals surface area contributed by atoms with E-state index in [0.717, 1.165) is 23.2 Å². The van der Waals surface area contributed by atoms with Gasteiger partial charge in [0.15, 0.2) is 0 Å². The van der Waals surface area contributed by atoms with Gasteiger partial charge in [0.1, 0.15) is 5.75 Å². The number of hydrogen-bond acceptors (Lipinski definition) is 2. The van der Waals surface area contributed by atoms with Gasteiger partial charge in [-0.05, 0) is 49.6 Å². The van der Waals surface area contributed by atoms with Crippen LogP contribution in [0, 0.1) is 6.92 Å². The van der Waals surface area contributed by atoms with Crippen LogP contribution in [0.3, 0.4) is 0 Å². The summed E-state index contributed by atoms with van der Waals surface area (Å²) >= 11 is 0. The fraction of sp³-hybridized carbons (Fsp3) is 0.333. The average Bonchev–Trinajstić information content (AvgIpc) is 2.41. The fourth-order valence-corrected chi connectivity index (χ4v) is 2.40. The Hall–Kier alpha value is -1.96. The maximum Gasteiger partial charge on any atom is 0.121 e. The lowest BCUT2D eigenvalue weighted by molar-refractivity contribution is 0.465. The highest BCUT2D eigenvalue weighted by Crippen LogP contribution is 2.27. The number of anilines is 1. The van der Waals surface area contributed by atoms with E-state index in [4.69, 9.17) is 0 Å². The van der Waals surface area contributed by atoms with E-state index in [9.17, 15) is 5.11 Å². The zero-order chi connectivity index (χ0) is 14.5. The number of phenolic OH excluding ortho intramolecular Hbond substituents is 1. The Morgan fingerprint density at radius 1 is 1.10 bits per heavy atom. The highest BCUT2D eigenvalue weighted by molar-refractivity contribution is 5.49. The number of aromatic hydroxyl groups is 1. The quantitative estimate of drug-likeness (QED) is 0.815. The van der Waals surface area contributed by atoms with E-state index in [1.165, 1.54) is 12.0 Å². The summed E-state index contributed by atoms with van der Waals surface area (Å²) in [6, 6.07) is 14.4. The molecule has 0 spiro atoms. The molecule has 0 bridgehead atoms. The van der Waals surface area contributed by atoms with Crippen molar-refractivity contribution < 1.29 is 5.11 Å². The number of aryl methyl sites for hydroxylation is 2. The van der Waals surface area contributed by atoms with Gasteiger partial charge in [-0.15, -0.1) is 0 Å². The highest BCUT2D eigenvalue weighted by atomic mass is 16.3. The summed E-state index contributed by atoms with van der Waals surface area (Å²) in [6.07, 6.45) is 2.29. The van der Waals surface area contributed by atoms with Crippen LogP contribution in [0.2, 0.25) is 0 Å². The summed E-state index contributed by atoms with van der Waals surface area (Å²) < 4.78 is 0. The first-order valence-corrected chi connectivity index (χ1v) is 7.25. The van der Waals surface area contributed by atoms with Crippen LogP contribution in [0.25, 0.3) is 0 Å². The molecular weight excluding hydrogens is 246 g/mol. The van der Waals surface area contributed by atoms with E-state index in [0.29, 0.717) is 5.75 Å². The van der Waals surface area contributed by atoms with Crippen LogP contribution < -0.4 is 5.32 Å². The van der Waals surface area contributed by atoms with Gasteiger partial charge < -0.3 is 10.4 Å². The topological polar surface area (TPSA) is 32.3 Å². The molecule has 1 atom stereocenters. The summed E-state index contributed by atoms with van der Waals surface area (Å²) in [5.41, 5.74) is 4.44. The molecule has 0 aromatic heterocycles. The molecule has 0 heterocycles. The normalized spacial score (nSPS) is 12.2. The van der Waals surface area contributed by atoms with E-state index in [2.05, 4.69) is 43.4 Å². The third-order valence-corrected chi connectivity index (χ3v) is 3.53. The predicted octanol–water partition coefficient (Wildman–Crippen LogP) is 4.83. The minimum atomic E-state index is 0.0765. The molecule has 0 fully saturated rings. The number of rotatable bonds is 5. The maximum atomic E-state index is 10.0. The molecule has 0 aliphatic rings. The summed E-state index contributed by atoms with van der Waals surface area (Å²) in [5.74, 6) is 0.354.